The summed E-state index contributed by atoms with van der Waals surface area (Å²) in [5.74, 6) is -0.324. The molecule has 0 aliphatic carbocycles. The minimum atomic E-state index is -1.70. The summed E-state index contributed by atoms with van der Waals surface area (Å²) >= 11 is 0. The highest BCUT2D eigenvalue weighted by Gasteiger charge is 2.33. The number of carbonyl (C=O) groups excluding carboxylic acids is 2. The average molecular weight is 252 g/mol. The molecule has 0 heterocycles. The van der Waals surface area contributed by atoms with Gasteiger partial charge in [0.25, 0.3) is 0 Å². The van der Waals surface area contributed by atoms with Gasteiger partial charge in [-0.1, -0.05) is 12.1 Å². The molecule has 0 aliphatic rings. The van der Waals surface area contributed by atoms with Crippen molar-refractivity contribution >= 4 is 11.8 Å². The normalized spacial score (nSPS) is 13.6. The lowest BCUT2D eigenvalue weighted by molar-refractivity contribution is -0.161. The highest BCUT2D eigenvalue weighted by molar-refractivity contribution is 5.80. The quantitative estimate of drug-likeness (QED) is 0.792. The summed E-state index contributed by atoms with van der Waals surface area (Å²) in [6.45, 7) is 2.77. The Kier molecular flexibility index (Phi) is 4.44. The molecule has 0 aromatic heterocycles. The summed E-state index contributed by atoms with van der Waals surface area (Å²) in [5, 5.41) is 9.99. The molecule has 0 amide bonds. The van der Waals surface area contributed by atoms with Crippen LogP contribution in [0.2, 0.25) is 0 Å². The molecule has 0 radical (unpaired) electrons. The van der Waals surface area contributed by atoms with E-state index in [2.05, 4.69) is 4.74 Å². The van der Waals surface area contributed by atoms with Crippen molar-refractivity contribution in [3.8, 4) is 5.75 Å². The number of aliphatic hydroxyl groups is 1. The maximum absolute atomic E-state index is 11.4. The number of rotatable bonds is 5. The van der Waals surface area contributed by atoms with Gasteiger partial charge in [0.1, 0.15) is 12.4 Å². The zero-order chi connectivity index (χ0) is 13.8. The van der Waals surface area contributed by atoms with E-state index in [1.165, 1.54) is 21.0 Å². The van der Waals surface area contributed by atoms with Crippen molar-refractivity contribution in [1.29, 1.82) is 0 Å². The average Bonchev–Trinajstić information content (AvgIpc) is 2.35. The van der Waals surface area contributed by atoms with Gasteiger partial charge in [-0.15, -0.1) is 0 Å². The van der Waals surface area contributed by atoms with E-state index in [1.807, 2.05) is 0 Å². The Morgan fingerprint density at radius 2 is 1.83 bits per heavy atom. The lowest BCUT2D eigenvalue weighted by atomic mass is 9.96. The summed E-state index contributed by atoms with van der Waals surface area (Å²) in [6.07, 6.45) is 0. The molecule has 0 spiro atoms. The van der Waals surface area contributed by atoms with Gasteiger partial charge in [-0.05, 0) is 31.5 Å². The van der Waals surface area contributed by atoms with Crippen LogP contribution in [0.4, 0.5) is 0 Å². The minimum absolute atomic E-state index is 0.00720. The summed E-state index contributed by atoms with van der Waals surface area (Å²) < 4.78 is 9.69. The lowest BCUT2D eigenvalue weighted by Crippen LogP contribution is -2.33. The predicted molar refractivity (Wildman–Crippen MR) is 64.2 cm³/mol. The van der Waals surface area contributed by atoms with E-state index >= 15 is 0 Å². The van der Waals surface area contributed by atoms with Crippen molar-refractivity contribution in [3.63, 3.8) is 0 Å². The largest absolute Gasteiger partial charge is 0.486 e. The fraction of sp³-hybridized carbons (Fsp3) is 0.385. The van der Waals surface area contributed by atoms with Crippen molar-refractivity contribution in [2.45, 2.75) is 19.4 Å². The SMILES string of the molecule is COC(=O)C(C)(O)c1ccc(OCC(C)=O)cc1. The summed E-state index contributed by atoms with van der Waals surface area (Å²) in [7, 11) is 1.21. The lowest BCUT2D eigenvalue weighted by Gasteiger charge is -2.20. The number of hydrogen-bond donors (Lipinski definition) is 1. The second-order valence-corrected chi connectivity index (χ2v) is 4.08. The standard InChI is InChI=1S/C13H16O5/c1-9(14)8-18-11-6-4-10(5-7-11)13(2,16)12(15)17-3/h4-7,16H,8H2,1-3H3. The van der Waals surface area contributed by atoms with E-state index in [0.29, 0.717) is 11.3 Å². The third-order valence-corrected chi connectivity index (χ3v) is 2.44. The number of benzene rings is 1. The Labute approximate surface area is 105 Å². The molecule has 98 valence electrons. The molecule has 5 nitrogen and oxygen atoms in total. The third-order valence-electron chi connectivity index (χ3n) is 2.44. The molecule has 0 bridgehead atoms. The summed E-state index contributed by atoms with van der Waals surface area (Å²) in [4.78, 5) is 22.1. The van der Waals surface area contributed by atoms with Crippen LogP contribution in [0.3, 0.4) is 0 Å². The van der Waals surface area contributed by atoms with E-state index < -0.39 is 11.6 Å². The summed E-state index contributed by atoms with van der Waals surface area (Å²) in [6, 6.07) is 6.25. The monoisotopic (exact) mass is 252 g/mol. The number of hydrogen-bond acceptors (Lipinski definition) is 5. The number of esters is 1. The number of methoxy groups -OCH3 is 1. The van der Waals surface area contributed by atoms with Gasteiger partial charge in [0.05, 0.1) is 7.11 Å². The fourth-order valence-electron chi connectivity index (χ4n) is 1.38. The van der Waals surface area contributed by atoms with E-state index in [0.717, 1.165) is 0 Å². The van der Waals surface area contributed by atoms with Crippen LogP contribution in [-0.2, 0) is 19.9 Å². The van der Waals surface area contributed by atoms with Gasteiger partial charge in [0.15, 0.2) is 11.4 Å². The molecular weight excluding hydrogens is 236 g/mol. The van der Waals surface area contributed by atoms with Gasteiger partial charge < -0.3 is 14.6 Å². The van der Waals surface area contributed by atoms with Crippen molar-refractivity contribution < 1.29 is 24.2 Å². The van der Waals surface area contributed by atoms with Crippen LogP contribution < -0.4 is 4.74 Å². The zero-order valence-corrected chi connectivity index (χ0v) is 10.6. The number of carbonyl (C=O) groups is 2. The first-order chi connectivity index (χ1) is 8.37. The fourth-order valence-corrected chi connectivity index (χ4v) is 1.38. The number of ketones is 1. The smallest absolute Gasteiger partial charge is 0.342 e. The highest BCUT2D eigenvalue weighted by atomic mass is 16.5. The van der Waals surface area contributed by atoms with Gasteiger partial charge in [-0.25, -0.2) is 4.79 Å². The third kappa shape index (κ3) is 3.30. The van der Waals surface area contributed by atoms with Gasteiger partial charge in [-0.3, -0.25) is 4.79 Å². The van der Waals surface area contributed by atoms with Gasteiger partial charge >= 0.3 is 5.97 Å². The first-order valence-electron chi connectivity index (χ1n) is 5.41. The number of ether oxygens (including phenoxy) is 2. The van der Waals surface area contributed by atoms with E-state index in [-0.39, 0.29) is 12.4 Å². The van der Waals surface area contributed by atoms with Crippen LogP contribution in [0.5, 0.6) is 5.75 Å². The van der Waals surface area contributed by atoms with Crippen molar-refractivity contribution in [3.05, 3.63) is 29.8 Å². The molecule has 1 aromatic rings. The maximum atomic E-state index is 11.4. The van der Waals surface area contributed by atoms with Crippen LogP contribution in [0.1, 0.15) is 19.4 Å². The maximum Gasteiger partial charge on any atom is 0.342 e. The Balaban J connectivity index is 2.82. The molecular formula is C13H16O5. The van der Waals surface area contributed by atoms with Crippen LogP contribution in [-0.4, -0.2) is 30.6 Å². The Bertz CT molecular complexity index is 433. The minimum Gasteiger partial charge on any atom is -0.486 e. The van der Waals surface area contributed by atoms with E-state index in [1.54, 1.807) is 24.3 Å². The highest BCUT2D eigenvalue weighted by Crippen LogP contribution is 2.24. The Morgan fingerprint density at radius 3 is 2.28 bits per heavy atom. The second-order valence-electron chi connectivity index (χ2n) is 4.08. The first kappa shape index (κ1) is 14.2. The van der Waals surface area contributed by atoms with Crippen molar-refractivity contribution in [1.82, 2.24) is 0 Å². The molecule has 1 aromatic carbocycles. The Hall–Kier alpha value is -1.88. The number of Topliss-reactive ketones (excluding diaryl/α,β-unsaturated/α-hetero) is 1. The molecule has 0 aliphatic heterocycles. The predicted octanol–water partition coefficient (Wildman–Crippen LogP) is 1.03. The molecule has 1 N–H and O–H groups in total. The molecule has 0 saturated carbocycles. The first-order valence-corrected chi connectivity index (χ1v) is 5.41. The molecule has 0 saturated heterocycles. The summed E-state index contributed by atoms with van der Waals surface area (Å²) in [5.41, 5.74) is -1.31. The molecule has 18 heavy (non-hydrogen) atoms. The van der Waals surface area contributed by atoms with Crippen molar-refractivity contribution in [2.75, 3.05) is 13.7 Å². The van der Waals surface area contributed by atoms with E-state index in [9.17, 15) is 14.7 Å². The van der Waals surface area contributed by atoms with Gasteiger partial charge in [-0.2, -0.15) is 0 Å². The van der Waals surface area contributed by atoms with Crippen LogP contribution >= 0.6 is 0 Å². The molecule has 5 heteroatoms. The second kappa shape index (κ2) is 5.64. The zero-order valence-electron chi connectivity index (χ0n) is 10.6. The van der Waals surface area contributed by atoms with Crippen LogP contribution in [0, 0.1) is 0 Å². The topological polar surface area (TPSA) is 72.8 Å². The van der Waals surface area contributed by atoms with Crippen LogP contribution in [0.15, 0.2) is 24.3 Å². The Morgan fingerprint density at radius 1 is 1.28 bits per heavy atom. The molecule has 1 rings (SSSR count). The van der Waals surface area contributed by atoms with Gasteiger partial charge in [0.2, 0.25) is 0 Å². The van der Waals surface area contributed by atoms with Gasteiger partial charge in [0, 0.05) is 0 Å². The van der Waals surface area contributed by atoms with Crippen molar-refractivity contribution in [2.24, 2.45) is 0 Å². The van der Waals surface area contributed by atoms with E-state index in [4.69, 9.17) is 4.74 Å². The van der Waals surface area contributed by atoms with Crippen LogP contribution in [0.25, 0.3) is 0 Å². The molecule has 1 unspecified atom stereocenters. The molecule has 1 atom stereocenters. The molecule has 0 fully saturated rings.